The van der Waals surface area contributed by atoms with Gasteiger partial charge in [-0.1, -0.05) is 42.1 Å². The number of benzene rings is 2. The third-order valence-electron chi connectivity index (χ3n) is 5.12. The van der Waals surface area contributed by atoms with Gasteiger partial charge in [-0.3, -0.25) is 9.59 Å². The standard InChI is InChI=1S/C24H29N5O3S/c1-15-9-10-16(2)19(11-15)26-22(31)14-33-24-28-27-20(29(24)5)12-25-21(30)13-32-23-17(3)7-6-8-18(23)4/h6-11H,12-14H2,1-5H3,(H,25,30)(H,26,31). The number of anilines is 1. The molecule has 0 aliphatic heterocycles. The van der Waals surface area contributed by atoms with E-state index in [1.807, 2.05) is 64.1 Å². The smallest absolute Gasteiger partial charge is 0.258 e. The molecular formula is C24H29N5O3S. The van der Waals surface area contributed by atoms with Crippen LogP contribution in [0.4, 0.5) is 5.69 Å². The van der Waals surface area contributed by atoms with E-state index in [1.165, 1.54) is 11.8 Å². The molecule has 9 heteroatoms. The number of ether oxygens (including phenoxy) is 1. The maximum absolute atomic E-state index is 12.4. The van der Waals surface area contributed by atoms with Gasteiger partial charge >= 0.3 is 0 Å². The molecule has 0 aliphatic rings. The molecule has 8 nitrogen and oxygen atoms in total. The average Bonchev–Trinajstić information content (AvgIpc) is 3.12. The Hall–Kier alpha value is -3.33. The molecule has 2 aromatic carbocycles. The lowest BCUT2D eigenvalue weighted by atomic mass is 10.1. The minimum absolute atomic E-state index is 0.0797. The Kier molecular flexibility index (Phi) is 8.11. The van der Waals surface area contributed by atoms with Crippen LogP contribution in [0.5, 0.6) is 5.75 Å². The van der Waals surface area contributed by atoms with Crippen LogP contribution in [0.15, 0.2) is 41.6 Å². The van der Waals surface area contributed by atoms with Crippen LogP contribution in [0.1, 0.15) is 28.1 Å². The summed E-state index contributed by atoms with van der Waals surface area (Å²) >= 11 is 1.29. The van der Waals surface area contributed by atoms with Gasteiger partial charge in [0.05, 0.1) is 12.3 Å². The number of thioether (sulfide) groups is 1. The van der Waals surface area contributed by atoms with Crippen molar-refractivity contribution in [3.63, 3.8) is 0 Å². The molecule has 0 saturated carbocycles. The molecule has 0 spiro atoms. The maximum Gasteiger partial charge on any atom is 0.258 e. The predicted molar refractivity (Wildman–Crippen MR) is 130 cm³/mol. The van der Waals surface area contributed by atoms with Crippen molar-refractivity contribution in [2.75, 3.05) is 17.7 Å². The molecule has 0 radical (unpaired) electrons. The number of nitrogens with zero attached hydrogens (tertiary/aromatic N) is 3. The number of aromatic nitrogens is 3. The second kappa shape index (κ2) is 11.0. The summed E-state index contributed by atoms with van der Waals surface area (Å²) < 4.78 is 7.45. The summed E-state index contributed by atoms with van der Waals surface area (Å²) in [5.41, 5.74) is 4.88. The van der Waals surface area contributed by atoms with Gasteiger partial charge in [0.2, 0.25) is 5.91 Å². The second-order valence-corrected chi connectivity index (χ2v) is 8.84. The van der Waals surface area contributed by atoms with Gasteiger partial charge in [-0.2, -0.15) is 0 Å². The minimum atomic E-state index is -0.247. The zero-order valence-electron chi connectivity index (χ0n) is 19.6. The second-order valence-electron chi connectivity index (χ2n) is 7.90. The average molecular weight is 468 g/mol. The number of carbonyl (C=O) groups excluding carboxylic acids is 2. The summed E-state index contributed by atoms with van der Waals surface area (Å²) in [6, 6.07) is 11.8. The van der Waals surface area contributed by atoms with E-state index in [4.69, 9.17) is 4.74 Å². The fourth-order valence-corrected chi connectivity index (χ4v) is 3.93. The van der Waals surface area contributed by atoms with Crippen molar-refractivity contribution < 1.29 is 14.3 Å². The Morgan fingerprint density at radius 1 is 1.00 bits per heavy atom. The van der Waals surface area contributed by atoms with E-state index in [0.717, 1.165) is 33.7 Å². The van der Waals surface area contributed by atoms with Crippen LogP contribution in [0, 0.1) is 27.7 Å². The van der Waals surface area contributed by atoms with Gasteiger partial charge in [-0.05, 0) is 56.0 Å². The van der Waals surface area contributed by atoms with Gasteiger partial charge < -0.3 is 19.9 Å². The molecule has 0 aliphatic carbocycles. The Morgan fingerprint density at radius 3 is 2.45 bits per heavy atom. The van der Waals surface area contributed by atoms with Crippen molar-refractivity contribution in [1.29, 1.82) is 0 Å². The van der Waals surface area contributed by atoms with E-state index in [-0.39, 0.29) is 30.7 Å². The Balaban J connectivity index is 1.47. The van der Waals surface area contributed by atoms with Crippen molar-refractivity contribution >= 4 is 29.3 Å². The van der Waals surface area contributed by atoms with Gasteiger partial charge in [0.25, 0.3) is 5.91 Å². The monoisotopic (exact) mass is 467 g/mol. The lowest BCUT2D eigenvalue weighted by Crippen LogP contribution is -2.29. The van der Waals surface area contributed by atoms with Crippen LogP contribution < -0.4 is 15.4 Å². The van der Waals surface area contributed by atoms with Crippen molar-refractivity contribution in [3.05, 3.63) is 64.5 Å². The summed E-state index contributed by atoms with van der Waals surface area (Å²) in [4.78, 5) is 24.6. The van der Waals surface area contributed by atoms with Crippen molar-refractivity contribution in [2.24, 2.45) is 7.05 Å². The molecule has 2 amide bonds. The molecule has 0 saturated heterocycles. The number of hydrogen-bond acceptors (Lipinski definition) is 6. The summed E-state index contributed by atoms with van der Waals surface area (Å²) in [7, 11) is 1.81. The van der Waals surface area contributed by atoms with Crippen LogP contribution in [0.3, 0.4) is 0 Å². The quantitative estimate of drug-likeness (QED) is 0.468. The molecule has 1 aromatic heterocycles. The van der Waals surface area contributed by atoms with Crippen molar-refractivity contribution in [3.8, 4) is 5.75 Å². The highest BCUT2D eigenvalue weighted by molar-refractivity contribution is 7.99. The Bertz CT molecular complexity index is 1140. The van der Waals surface area contributed by atoms with E-state index in [1.54, 1.807) is 11.6 Å². The summed E-state index contributed by atoms with van der Waals surface area (Å²) in [5, 5.41) is 14.6. The molecule has 3 rings (SSSR count). The molecule has 1 heterocycles. The first-order chi connectivity index (χ1) is 15.7. The Labute approximate surface area is 198 Å². The summed E-state index contributed by atoms with van der Waals surface area (Å²) in [6.07, 6.45) is 0. The van der Waals surface area contributed by atoms with Crippen LogP contribution in [0.25, 0.3) is 0 Å². The van der Waals surface area contributed by atoms with Gasteiger partial charge in [0.1, 0.15) is 5.75 Å². The highest BCUT2D eigenvalue weighted by Crippen LogP contribution is 2.22. The van der Waals surface area contributed by atoms with Gasteiger partial charge in [-0.25, -0.2) is 0 Å². The number of nitrogens with one attached hydrogen (secondary N) is 2. The first-order valence-electron chi connectivity index (χ1n) is 10.6. The molecule has 174 valence electrons. The molecule has 33 heavy (non-hydrogen) atoms. The molecule has 0 atom stereocenters. The molecule has 2 N–H and O–H groups in total. The number of carbonyl (C=O) groups is 2. The van der Waals surface area contributed by atoms with Gasteiger partial charge in [0.15, 0.2) is 17.6 Å². The SMILES string of the molecule is Cc1ccc(C)c(NC(=O)CSc2nnc(CNC(=O)COc3c(C)cccc3C)n2C)c1. The topological polar surface area (TPSA) is 98.1 Å². The number of aryl methyl sites for hydroxylation is 4. The Morgan fingerprint density at radius 2 is 1.73 bits per heavy atom. The fraction of sp³-hybridized carbons (Fsp3) is 0.333. The van der Waals surface area contributed by atoms with Gasteiger partial charge in [0, 0.05) is 12.7 Å². The van der Waals surface area contributed by atoms with Crippen LogP contribution in [-0.2, 0) is 23.2 Å². The third-order valence-corrected chi connectivity index (χ3v) is 6.14. The van der Waals surface area contributed by atoms with E-state index >= 15 is 0 Å². The van der Waals surface area contributed by atoms with E-state index in [9.17, 15) is 9.59 Å². The highest BCUT2D eigenvalue weighted by atomic mass is 32.2. The van der Waals surface area contributed by atoms with Crippen LogP contribution in [-0.4, -0.2) is 38.9 Å². The molecule has 0 unspecified atom stereocenters. The lowest BCUT2D eigenvalue weighted by molar-refractivity contribution is -0.123. The fourth-order valence-electron chi connectivity index (χ4n) is 3.20. The third kappa shape index (κ3) is 6.58. The zero-order chi connectivity index (χ0) is 24.0. The first kappa shape index (κ1) is 24.3. The molecule has 0 bridgehead atoms. The number of hydrogen-bond donors (Lipinski definition) is 2. The summed E-state index contributed by atoms with van der Waals surface area (Å²) in [5.74, 6) is 1.16. The van der Waals surface area contributed by atoms with Crippen molar-refractivity contribution in [2.45, 2.75) is 39.4 Å². The van der Waals surface area contributed by atoms with E-state index < -0.39 is 0 Å². The molecular weight excluding hydrogens is 438 g/mol. The van der Waals surface area contributed by atoms with Crippen LogP contribution in [0.2, 0.25) is 0 Å². The largest absolute Gasteiger partial charge is 0.483 e. The lowest BCUT2D eigenvalue weighted by Gasteiger charge is -2.12. The van der Waals surface area contributed by atoms with E-state index in [2.05, 4.69) is 20.8 Å². The molecule has 0 fully saturated rings. The molecule has 3 aromatic rings. The number of amides is 2. The first-order valence-corrected chi connectivity index (χ1v) is 11.6. The normalized spacial score (nSPS) is 10.7. The zero-order valence-corrected chi connectivity index (χ0v) is 20.4. The number of rotatable bonds is 9. The summed E-state index contributed by atoms with van der Waals surface area (Å²) in [6.45, 7) is 7.97. The minimum Gasteiger partial charge on any atom is -0.483 e. The highest BCUT2D eigenvalue weighted by Gasteiger charge is 2.14. The van der Waals surface area contributed by atoms with Gasteiger partial charge in [-0.15, -0.1) is 10.2 Å². The predicted octanol–water partition coefficient (Wildman–Crippen LogP) is 3.47. The maximum atomic E-state index is 12.4. The number of para-hydroxylation sites is 1. The van der Waals surface area contributed by atoms with Crippen LogP contribution >= 0.6 is 11.8 Å². The van der Waals surface area contributed by atoms with Crippen molar-refractivity contribution in [1.82, 2.24) is 20.1 Å². The van der Waals surface area contributed by atoms with E-state index in [0.29, 0.717) is 11.0 Å².